The Bertz CT molecular complexity index is 1230. The second-order valence-electron chi connectivity index (χ2n) is 18.9. The maximum absolute atomic E-state index is 13.2. The monoisotopic (exact) mass is 644 g/mol. The fraction of sp³-hybridized carbons (Fsp3) is 0.895. The van der Waals surface area contributed by atoms with Crippen molar-refractivity contribution in [2.75, 3.05) is 0 Å². The van der Waals surface area contributed by atoms with Crippen molar-refractivity contribution in [1.29, 1.82) is 0 Å². The number of allylic oxidation sites excluding steroid dienone is 2. The fourth-order valence-corrected chi connectivity index (χ4v) is 13.7. The van der Waals surface area contributed by atoms with Gasteiger partial charge in [-0.25, -0.2) is 0 Å². The molecule has 0 amide bonds. The molecule has 5 rings (SSSR count). The highest BCUT2D eigenvalue weighted by Crippen LogP contribution is 2.85. The van der Waals surface area contributed by atoms with Gasteiger partial charge < -0.3 is 19.4 Å². The van der Waals surface area contributed by atoms with Crippen molar-refractivity contribution in [3.05, 3.63) is 11.6 Å². The van der Waals surface area contributed by atoms with Gasteiger partial charge in [0.1, 0.15) is 6.10 Å². The van der Waals surface area contributed by atoms with Crippen molar-refractivity contribution in [1.82, 2.24) is 0 Å². The molecule has 5 aliphatic carbocycles. The number of carbonyl (C=O) groups excluding carboxylic acids is 1. The van der Waals surface area contributed by atoms with Crippen molar-refractivity contribution in [3.8, 4) is 0 Å². The van der Waals surface area contributed by atoms with Crippen LogP contribution in [-0.4, -0.2) is 48.8 Å². The van der Waals surface area contributed by atoms with E-state index in [-0.39, 0.29) is 45.2 Å². The summed E-state index contributed by atoms with van der Waals surface area (Å²) in [6.45, 7) is 26.9. The lowest BCUT2D eigenvalue weighted by atomic mass is 9.36. The van der Waals surface area contributed by atoms with E-state index in [1.807, 2.05) is 13.8 Å². The van der Waals surface area contributed by atoms with Crippen molar-refractivity contribution >= 4 is 20.3 Å². The van der Waals surface area contributed by atoms with Crippen LogP contribution in [-0.2, 0) is 18.8 Å². The summed E-state index contributed by atoms with van der Waals surface area (Å²) in [6.07, 6.45) is 8.63. The third-order valence-electron chi connectivity index (χ3n) is 15.6. The minimum atomic E-state index is -1.92. The number of aliphatic hydroxyl groups is 1. The fourth-order valence-electron chi connectivity index (χ4n) is 12.3. The Morgan fingerprint density at radius 2 is 1.67 bits per heavy atom. The summed E-state index contributed by atoms with van der Waals surface area (Å²) in [5.74, 6) is -0.109. The van der Waals surface area contributed by atoms with Crippen LogP contribution in [0.2, 0.25) is 18.1 Å². The molecule has 45 heavy (non-hydrogen) atoms. The molecule has 7 heteroatoms. The van der Waals surface area contributed by atoms with Crippen molar-refractivity contribution in [2.45, 2.75) is 163 Å². The normalized spacial score (nSPS) is 47.4. The van der Waals surface area contributed by atoms with Gasteiger partial charge in [0.25, 0.3) is 0 Å². The highest BCUT2D eigenvalue weighted by molar-refractivity contribution is 6.74. The molecule has 256 valence electrons. The van der Waals surface area contributed by atoms with Crippen LogP contribution < -0.4 is 0 Å². The number of carboxylic acid groups (broad SMARTS) is 1. The van der Waals surface area contributed by atoms with Gasteiger partial charge in [0, 0.05) is 18.4 Å². The summed E-state index contributed by atoms with van der Waals surface area (Å²) in [6, 6.07) is 0. The topological polar surface area (TPSA) is 93.1 Å². The second-order valence-corrected chi connectivity index (χ2v) is 23.6. The van der Waals surface area contributed by atoms with Gasteiger partial charge >= 0.3 is 11.9 Å². The number of esters is 1. The summed E-state index contributed by atoms with van der Waals surface area (Å²) < 4.78 is 13.2. The Morgan fingerprint density at radius 1 is 1.02 bits per heavy atom. The average Bonchev–Trinajstić information content (AvgIpc) is 3.50. The molecule has 12 atom stereocenters. The van der Waals surface area contributed by atoms with Gasteiger partial charge in [-0.1, -0.05) is 60.1 Å². The van der Waals surface area contributed by atoms with Crippen molar-refractivity contribution in [3.63, 3.8) is 0 Å². The first-order valence-corrected chi connectivity index (χ1v) is 20.8. The number of fused-ring (bicyclic) bond motifs is 6. The van der Waals surface area contributed by atoms with E-state index in [2.05, 4.69) is 67.6 Å². The van der Waals surface area contributed by atoms with E-state index in [1.165, 1.54) is 12.5 Å². The third kappa shape index (κ3) is 4.89. The van der Waals surface area contributed by atoms with E-state index in [0.29, 0.717) is 43.9 Å². The molecule has 0 unspecified atom stereocenters. The number of rotatable bonds is 7. The van der Waals surface area contributed by atoms with Gasteiger partial charge in [-0.2, -0.15) is 0 Å². The van der Waals surface area contributed by atoms with Crippen LogP contribution in [0.4, 0.5) is 0 Å². The summed E-state index contributed by atoms with van der Waals surface area (Å²) in [4.78, 5) is 25.8. The standard InChI is InChI=1S/C38H64O6Si/c1-23(2)14-13-17-37(32(41)42)22-38(37)29-20-27(40)31-34(8)18-16-28(44-45(11,12)33(5,6)7)24(3)26(34)15-19-35(31,9)36(29,10)21-30(38)43-25(4)39/h14,24,26-31,40H,13,15-22H2,1-12H3,(H,41,42)/t24-,26-,27+,28+,29+,30-,31-,34-,35-,36-,37-,38+/m0/s1. The zero-order valence-corrected chi connectivity index (χ0v) is 31.5. The molecule has 0 saturated heterocycles. The minimum absolute atomic E-state index is 0.00997. The van der Waals surface area contributed by atoms with Crippen molar-refractivity contribution in [2.24, 2.45) is 50.7 Å². The number of aliphatic carboxylic acids is 1. The summed E-state index contributed by atoms with van der Waals surface area (Å²) >= 11 is 0. The van der Waals surface area contributed by atoms with E-state index >= 15 is 0 Å². The van der Waals surface area contributed by atoms with Gasteiger partial charge in [0.15, 0.2) is 8.32 Å². The van der Waals surface area contributed by atoms with Gasteiger partial charge in [-0.15, -0.1) is 0 Å². The van der Waals surface area contributed by atoms with E-state index in [0.717, 1.165) is 25.7 Å². The Hall–Kier alpha value is -1.18. The van der Waals surface area contributed by atoms with E-state index in [4.69, 9.17) is 9.16 Å². The molecule has 0 aliphatic heterocycles. The summed E-state index contributed by atoms with van der Waals surface area (Å²) in [5, 5.41) is 23.4. The van der Waals surface area contributed by atoms with E-state index < -0.39 is 37.3 Å². The number of ether oxygens (including phenoxy) is 1. The van der Waals surface area contributed by atoms with Crippen LogP contribution in [0.3, 0.4) is 0 Å². The zero-order valence-electron chi connectivity index (χ0n) is 30.5. The predicted octanol–water partition coefficient (Wildman–Crippen LogP) is 8.78. The highest BCUT2D eigenvalue weighted by atomic mass is 28.4. The molecule has 0 aromatic rings. The Labute approximate surface area is 274 Å². The molecule has 1 spiro atoms. The molecule has 0 radical (unpaired) electrons. The third-order valence-corrected chi connectivity index (χ3v) is 20.1. The Kier molecular flexibility index (Phi) is 8.52. The second kappa shape index (κ2) is 10.9. The Balaban J connectivity index is 1.51. The minimum Gasteiger partial charge on any atom is -0.481 e. The maximum atomic E-state index is 13.2. The molecular formula is C38H64O6Si. The predicted molar refractivity (Wildman–Crippen MR) is 181 cm³/mol. The number of carbonyl (C=O) groups is 2. The van der Waals surface area contributed by atoms with E-state index in [9.17, 15) is 19.8 Å². The largest absolute Gasteiger partial charge is 0.481 e. The molecular weight excluding hydrogens is 580 g/mol. The van der Waals surface area contributed by atoms with E-state index in [1.54, 1.807) is 0 Å². The molecule has 0 aromatic carbocycles. The summed E-state index contributed by atoms with van der Waals surface area (Å²) in [7, 11) is -1.92. The summed E-state index contributed by atoms with van der Waals surface area (Å²) in [5.41, 5.74) is -0.845. The number of hydrogen-bond acceptors (Lipinski definition) is 5. The number of hydrogen-bond donors (Lipinski definition) is 2. The highest BCUT2D eigenvalue weighted by Gasteiger charge is 2.86. The molecule has 0 bridgehead atoms. The van der Waals surface area contributed by atoms with Crippen LogP contribution in [0.25, 0.3) is 0 Å². The van der Waals surface area contributed by atoms with Crippen molar-refractivity contribution < 1.29 is 29.0 Å². The molecule has 0 heterocycles. The lowest BCUT2D eigenvalue weighted by molar-refractivity contribution is -0.240. The molecule has 5 aliphatic rings. The first kappa shape index (κ1) is 35.1. The van der Waals surface area contributed by atoms with Gasteiger partial charge in [0.05, 0.1) is 11.5 Å². The molecule has 6 nitrogen and oxygen atoms in total. The quantitative estimate of drug-likeness (QED) is 0.164. The molecule has 2 N–H and O–H groups in total. The SMILES string of the molecule is CC(=O)O[C@H]1C[C@@]2(C)[C@@H](C[C@@H](O)[C@H]3[C@@]4(C)CC[C@@H](O[Si](C)(C)C(C)(C)C)[C@@H](C)[C@@H]4CC[C@@]32C)[C@]12C[C@@]2(CCC=C(C)C)C(=O)O. The van der Waals surface area contributed by atoms with Crippen LogP contribution in [0.5, 0.6) is 0 Å². The van der Waals surface area contributed by atoms with Gasteiger partial charge in [-0.3, -0.25) is 9.59 Å². The first-order chi connectivity index (χ1) is 20.5. The lowest BCUT2D eigenvalue weighted by Crippen LogP contribution is -2.66. The van der Waals surface area contributed by atoms with Crippen LogP contribution in [0, 0.1) is 50.7 Å². The smallest absolute Gasteiger partial charge is 0.310 e. The van der Waals surface area contributed by atoms with Crippen LogP contribution >= 0.6 is 0 Å². The van der Waals surface area contributed by atoms with Crippen LogP contribution in [0.1, 0.15) is 127 Å². The first-order valence-electron chi connectivity index (χ1n) is 17.9. The molecule has 0 aromatic heterocycles. The number of aliphatic hydroxyl groups excluding tert-OH is 1. The lowest BCUT2D eigenvalue weighted by Gasteiger charge is -2.69. The number of carboxylic acids is 1. The average molecular weight is 645 g/mol. The Morgan fingerprint density at radius 3 is 2.22 bits per heavy atom. The molecule has 5 saturated carbocycles. The van der Waals surface area contributed by atoms with Crippen LogP contribution in [0.15, 0.2) is 11.6 Å². The van der Waals surface area contributed by atoms with Gasteiger partial charge in [0.2, 0.25) is 0 Å². The maximum Gasteiger partial charge on any atom is 0.310 e. The van der Waals surface area contributed by atoms with Gasteiger partial charge in [-0.05, 0) is 130 Å². The zero-order chi connectivity index (χ0) is 33.8. The molecule has 5 fully saturated rings.